The Morgan fingerprint density at radius 2 is 2.05 bits per heavy atom. The lowest BCUT2D eigenvalue weighted by Crippen LogP contribution is -2.13. The molecule has 5 nitrogen and oxygen atoms in total. The van der Waals surface area contributed by atoms with E-state index >= 15 is 0 Å². The molecule has 19 heavy (non-hydrogen) atoms. The van der Waals surface area contributed by atoms with E-state index in [2.05, 4.69) is 10.3 Å². The van der Waals surface area contributed by atoms with Crippen molar-refractivity contribution in [1.29, 1.82) is 0 Å². The summed E-state index contributed by atoms with van der Waals surface area (Å²) >= 11 is 1.39. The molecule has 0 saturated heterocycles. The third kappa shape index (κ3) is 3.30. The molecule has 1 aromatic heterocycles. The molecule has 1 amide bonds. The fourth-order valence-electron chi connectivity index (χ4n) is 1.55. The number of anilines is 2. The molecule has 0 aliphatic rings. The zero-order valence-corrected chi connectivity index (χ0v) is 11.7. The first-order valence-electron chi connectivity index (χ1n) is 5.83. The highest BCUT2D eigenvalue weighted by Crippen LogP contribution is 2.17. The van der Waals surface area contributed by atoms with Gasteiger partial charge < -0.3 is 16.0 Å². The first kappa shape index (κ1) is 13.5. The number of hydrogen-bond donors (Lipinski definition) is 2. The summed E-state index contributed by atoms with van der Waals surface area (Å²) in [4.78, 5) is 18.1. The van der Waals surface area contributed by atoms with Crippen LogP contribution in [0.3, 0.4) is 0 Å². The summed E-state index contributed by atoms with van der Waals surface area (Å²) in [5.74, 6) is -0.214. The summed E-state index contributed by atoms with van der Waals surface area (Å²) in [6.45, 7) is 0.357. The van der Waals surface area contributed by atoms with Gasteiger partial charge in [0.05, 0.1) is 0 Å². The molecule has 0 atom stereocenters. The normalized spacial score (nSPS) is 10.3. The number of nitrogens with two attached hydrogens (primary N) is 1. The van der Waals surface area contributed by atoms with Crippen molar-refractivity contribution in [2.75, 3.05) is 24.3 Å². The first-order chi connectivity index (χ1) is 9.10. The van der Waals surface area contributed by atoms with Crippen LogP contribution in [-0.2, 0) is 6.54 Å². The van der Waals surface area contributed by atoms with E-state index in [1.165, 1.54) is 11.3 Å². The highest BCUT2D eigenvalue weighted by atomic mass is 32.1. The van der Waals surface area contributed by atoms with Gasteiger partial charge in [-0.1, -0.05) is 0 Å². The predicted octanol–water partition coefficient (Wildman–Crippen LogP) is 1.92. The van der Waals surface area contributed by atoms with Crippen LogP contribution in [0.15, 0.2) is 29.6 Å². The van der Waals surface area contributed by atoms with E-state index in [9.17, 15) is 4.79 Å². The van der Waals surface area contributed by atoms with Gasteiger partial charge in [-0.3, -0.25) is 4.79 Å². The Hall–Kier alpha value is -1.92. The van der Waals surface area contributed by atoms with Crippen LogP contribution < -0.4 is 16.0 Å². The maximum atomic E-state index is 11.9. The molecular weight excluding hydrogens is 260 g/mol. The zero-order chi connectivity index (χ0) is 13.8. The standard InChI is InChI=1S/C13H16N4OS/c1-17(2)10-5-3-9(4-6-10)15-13(18)11-8-19-12(7-14)16-11/h3-6,8H,7,14H2,1-2H3,(H,15,18). The van der Waals surface area contributed by atoms with Crippen LogP contribution in [0.5, 0.6) is 0 Å². The fraction of sp³-hybridized carbons (Fsp3) is 0.231. The van der Waals surface area contributed by atoms with Crippen molar-refractivity contribution >= 4 is 28.6 Å². The van der Waals surface area contributed by atoms with Gasteiger partial charge in [0, 0.05) is 37.4 Å². The summed E-state index contributed by atoms with van der Waals surface area (Å²) in [5.41, 5.74) is 7.71. The Labute approximate surface area is 116 Å². The van der Waals surface area contributed by atoms with Gasteiger partial charge in [0.15, 0.2) is 0 Å². The molecule has 0 aliphatic carbocycles. The van der Waals surface area contributed by atoms with Gasteiger partial charge in [-0.05, 0) is 24.3 Å². The van der Waals surface area contributed by atoms with Crippen molar-refractivity contribution < 1.29 is 4.79 Å². The van der Waals surface area contributed by atoms with Crippen LogP contribution in [0, 0.1) is 0 Å². The largest absolute Gasteiger partial charge is 0.378 e. The number of carbonyl (C=O) groups excluding carboxylic acids is 1. The van der Waals surface area contributed by atoms with Gasteiger partial charge in [-0.15, -0.1) is 11.3 Å². The van der Waals surface area contributed by atoms with Gasteiger partial charge in [0.1, 0.15) is 10.7 Å². The van der Waals surface area contributed by atoms with Gasteiger partial charge in [-0.2, -0.15) is 0 Å². The van der Waals surface area contributed by atoms with E-state index in [-0.39, 0.29) is 5.91 Å². The Morgan fingerprint density at radius 3 is 2.58 bits per heavy atom. The summed E-state index contributed by atoms with van der Waals surface area (Å²) in [6.07, 6.45) is 0. The number of nitrogens with zero attached hydrogens (tertiary/aromatic N) is 2. The van der Waals surface area contributed by atoms with Crippen molar-refractivity contribution in [3.05, 3.63) is 40.3 Å². The van der Waals surface area contributed by atoms with E-state index in [1.807, 2.05) is 43.3 Å². The number of nitrogens with one attached hydrogen (secondary N) is 1. The van der Waals surface area contributed by atoms with Gasteiger partial charge in [0.2, 0.25) is 0 Å². The molecule has 100 valence electrons. The van der Waals surface area contributed by atoms with Crippen molar-refractivity contribution in [2.24, 2.45) is 5.73 Å². The van der Waals surface area contributed by atoms with Crippen molar-refractivity contribution in [3.63, 3.8) is 0 Å². The Balaban J connectivity index is 2.06. The van der Waals surface area contributed by atoms with Crippen molar-refractivity contribution in [1.82, 2.24) is 4.98 Å². The maximum Gasteiger partial charge on any atom is 0.275 e. The second-order valence-electron chi connectivity index (χ2n) is 4.23. The minimum Gasteiger partial charge on any atom is -0.378 e. The lowest BCUT2D eigenvalue weighted by molar-refractivity contribution is 0.102. The highest BCUT2D eigenvalue weighted by molar-refractivity contribution is 7.09. The van der Waals surface area contributed by atoms with E-state index in [4.69, 9.17) is 5.73 Å². The molecule has 0 aliphatic heterocycles. The monoisotopic (exact) mass is 276 g/mol. The molecule has 1 aromatic carbocycles. The number of rotatable bonds is 4. The fourth-order valence-corrected chi connectivity index (χ4v) is 2.20. The topological polar surface area (TPSA) is 71.2 Å². The molecule has 0 unspecified atom stereocenters. The van der Waals surface area contributed by atoms with E-state index in [0.717, 1.165) is 16.4 Å². The Bertz CT molecular complexity index is 562. The summed E-state index contributed by atoms with van der Waals surface area (Å²) in [5, 5.41) is 5.28. The second kappa shape index (κ2) is 5.81. The van der Waals surface area contributed by atoms with Crippen LogP contribution in [0.1, 0.15) is 15.5 Å². The summed E-state index contributed by atoms with van der Waals surface area (Å²) < 4.78 is 0. The van der Waals surface area contributed by atoms with Crippen molar-refractivity contribution in [3.8, 4) is 0 Å². The molecule has 3 N–H and O–H groups in total. The lowest BCUT2D eigenvalue weighted by Gasteiger charge is -2.12. The number of hydrogen-bond acceptors (Lipinski definition) is 5. The van der Waals surface area contributed by atoms with Crippen molar-refractivity contribution in [2.45, 2.75) is 6.54 Å². The second-order valence-corrected chi connectivity index (χ2v) is 5.17. The van der Waals surface area contributed by atoms with E-state index in [1.54, 1.807) is 5.38 Å². The Kier molecular flexibility index (Phi) is 4.13. The molecule has 1 heterocycles. The number of thiazole rings is 1. The van der Waals surface area contributed by atoms with Crippen LogP contribution >= 0.6 is 11.3 Å². The van der Waals surface area contributed by atoms with Crippen LogP contribution in [-0.4, -0.2) is 25.0 Å². The number of benzene rings is 1. The molecule has 0 spiro atoms. The zero-order valence-electron chi connectivity index (χ0n) is 10.9. The van der Waals surface area contributed by atoms with Gasteiger partial charge >= 0.3 is 0 Å². The average molecular weight is 276 g/mol. The smallest absolute Gasteiger partial charge is 0.275 e. The SMILES string of the molecule is CN(C)c1ccc(NC(=O)c2csc(CN)n2)cc1. The molecule has 0 radical (unpaired) electrons. The number of aromatic nitrogens is 1. The minimum atomic E-state index is -0.214. The molecule has 2 rings (SSSR count). The molecular formula is C13H16N4OS. The maximum absolute atomic E-state index is 11.9. The van der Waals surface area contributed by atoms with Crippen LogP contribution in [0.2, 0.25) is 0 Å². The summed E-state index contributed by atoms with van der Waals surface area (Å²) in [6, 6.07) is 7.62. The quantitative estimate of drug-likeness (QED) is 0.895. The summed E-state index contributed by atoms with van der Waals surface area (Å²) in [7, 11) is 3.94. The third-order valence-corrected chi connectivity index (χ3v) is 3.47. The van der Waals surface area contributed by atoms with Gasteiger partial charge in [-0.25, -0.2) is 4.98 Å². The van der Waals surface area contributed by atoms with E-state index < -0.39 is 0 Å². The van der Waals surface area contributed by atoms with Crippen LogP contribution in [0.4, 0.5) is 11.4 Å². The minimum absolute atomic E-state index is 0.214. The molecule has 2 aromatic rings. The van der Waals surface area contributed by atoms with Gasteiger partial charge in [0.25, 0.3) is 5.91 Å². The molecule has 6 heteroatoms. The molecule has 0 bridgehead atoms. The average Bonchev–Trinajstić information content (AvgIpc) is 2.88. The molecule has 0 saturated carbocycles. The molecule has 0 fully saturated rings. The number of amides is 1. The highest BCUT2D eigenvalue weighted by Gasteiger charge is 2.10. The Morgan fingerprint density at radius 1 is 1.37 bits per heavy atom. The van der Waals surface area contributed by atoms with E-state index in [0.29, 0.717) is 12.2 Å². The lowest BCUT2D eigenvalue weighted by atomic mass is 10.2. The predicted molar refractivity (Wildman–Crippen MR) is 78.7 cm³/mol. The third-order valence-electron chi connectivity index (χ3n) is 2.60. The number of carbonyl (C=O) groups is 1. The van der Waals surface area contributed by atoms with Crippen LogP contribution in [0.25, 0.3) is 0 Å². The first-order valence-corrected chi connectivity index (χ1v) is 6.71.